The van der Waals surface area contributed by atoms with Gasteiger partial charge in [-0.05, 0) is 6.42 Å². The lowest BCUT2D eigenvalue weighted by molar-refractivity contribution is -0.136. The van der Waals surface area contributed by atoms with Gasteiger partial charge in [-0.2, -0.15) is 0 Å². The van der Waals surface area contributed by atoms with Crippen molar-refractivity contribution < 1.29 is 19.4 Å². The van der Waals surface area contributed by atoms with Gasteiger partial charge in [0.2, 0.25) is 5.91 Å². The summed E-state index contributed by atoms with van der Waals surface area (Å²) >= 11 is 0. The molecule has 1 fully saturated rings. The van der Waals surface area contributed by atoms with Crippen LogP contribution in [0.25, 0.3) is 0 Å². The molecule has 5 nitrogen and oxygen atoms in total. The Morgan fingerprint density at radius 3 is 2.85 bits per heavy atom. The molecule has 0 saturated carbocycles. The molecule has 1 aliphatic heterocycles. The lowest BCUT2D eigenvalue weighted by Crippen LogP contribution is -2.31. The second kappa shape index (κ2) is 4.81. The van der Waals surface area contributed by atoms with Crippen LogP contribution in [0.4, 0.5) is 0 Å². The van der Waals surface area contributed by atoms with Crippen LogP contribution < -0.4 is 5.32 Å². The molecular formula is C8H12NO4. The van der Waals surface area contributed by atoms with Gasteiger partial charge in [0.15, 0.2) is 0 Å². The summed E-state index contributed by atoms with van der Waals surface area (Å²) in [5.41, 5.74) is 0. The Morgan fingerprint density at radius 2 is 2.31 bits per heavy atom. The summed E-state index contributed by atoms with van der Waals surface area (Å²) in [4.78, 5) is 21.3. The van der Waals surface area contributed by atoms with Crippen molar-refractivity contribution in [2.45, 2.75) is 12.8 Å². The number of ether oxygens (including phenoxy) is 1. The third-order valence-electron chi connectivity index (χ3n) is 1.77. The van der Waals surface area contributed by atoms with Crippen LogP contribution in [-0.4, -0.2) is 36.7 Å². The monoisotopic (exact) mass is 186 g/mol. The second-order valence-electron chi connectivity index (χ2n) is 2.81. The van der Waals surface area contributed by atoms with E-state index in [-0.39, 0.29) is 18.9 Å². The molecule has 0 unspecified atom stereocenters. The van der Waals surface area contributed by atoms with Crippen molar-refractivity contribution in [1.82, 2.24) is 5.32 Å². The minimum absolute atomic E-state index is 0.0418. The van der Waals surface area contributed by atoms with Gasteiger partial charge < -0.3 is 15.2 Å². The van der Waals surface area contributed by atoms with Gasteiger partial charge in [0, 0.05) is 13.2 Å². The summed E-state index contributed by atoms with van der Waals surface area (Å²) in [6.07, 6.45) is 0.610. The maximum absolute atomic E-state index is 11.2. The normalized spacial score (nSPS) is 17.2. The quantitative estimate of drug-likeness (QED) is 0.624. The van der Waals surface area contributed by atoms with Gasteiger partial charge in [-0.1, -0.05) is 0 Å². The van der Waals surface area contributed by atoms with Gasteiger partial charge in [-0.15, -0.1) is 0 Å². The number of carbonyl (C=O) groups is 2. The van der Waals surface area contributed by atoms with Gasteiger partial charge in [0.1, 0.15) is 0 Å². The van der Waals surface area contributed by atoms with E-state index in [1.807, 2.05) is 0 Å². The van der Waals surface area contributed by atoms with E-state index in [0.29, 0.717) is 25.6 Å². The van der Waals surface area contributed by atoms with Crippen molar-refractivity contribution in [1.29, 1.82) is 0 Å². The Labute approximate surface area is 76.1 Å². The average molecular weight is 186 g/mol. The molecule has 1 amide bonds. The molecule has 0 aromatic carbocycles. The van der Waals surface area contributed by atoms with Gasteiger partial charge in [0.25, 0.3) is 0 Å². The van der Waals surface area contributed by atoms with Gasteiger partial charge in [-0.3, -0.25) is 9.59 Å². The molecule has 2 N–H and O–H groups in total. The number of hydrogen-bond acceptors (Lipinski definition) is 3. The number of carbonyl (C=O) groups excluding carboxylic acids is 1. The molecule has 1 saturated heterocycles. The van der Waals surface area contributed by atoms with Crippen molar-refractivity contribution in [3.05, 3.63) is 5.92 Å². The maximum atomic E-state index is 11.2. The zero-order chi connectivity index (χ0) is 9.68. The first-order chi connectivity index (χ1) is 6.20. The molecule has 1 aliphatic rings. The molecule has 5 heteroatoms. The van der Waals surface area contributed by atoms with E-state index >= 15 is 0 Å². The first-order valence-corrected chi connectivity index (χ1v) is 4.12. The Balaban J connectivity index is 2.13. The van der Waals surface area contributed by atoms with E-state index in [4.69, 9.17) is 9.84 Å². The van der Waals surface area contributed by atoms with Crippen LogP contribution >= 0.6 is 0 Å². The molecule has 73 valence electrons. The highest BCUT2D eigenvalue weighted by atomic mass is 16.5. The smallest absolute Gasteiger partial charge is 0.305 e. The number of aliphatic carboxylic acids is 1. The lowest BCUT2D eigenvalue weighted by Gasteiger charge is -2.06. The van der Waals surface area contributed by atoms with Gasteiger partial charge in [0.05, 0.1) is 18.9 Å². The maximum Gasteiger partial charge on any atom is 0.305 e. The number of nitrogens with one attached hydrogen (secondary N) is 1. The Hall–Kier alpha value is -1.10. The van der Waals surface area contributed by atoms with Crippen LogP contribution in [0, 0.1) is 5.92 Å². The number of rotatable bonds is 4. The molecule has 0 bridgehead atoms. The third-order valence-corrected chi connectivity index (χ3v) is 1.77. The SMILES string of the molecule is O=C(O)CCNC(=O)[C]1CCOC1. The highest BCUT2D eigenvalue weighted by molar-refractivity contribution is 5.90. The largest absolute Gasteiger partial charge is 0.481 e. The number of hydrogen-bond donors (Lipinski definition) is 2. The Morgan fingerprint density at radius 1 is 1.54 bits per heavy atom. The first-order valence-electron chi connectivity index (χ1n) is 4.12. The molecular weight excluding hydrogens is 174 g/mol. The predicted octanol–water partition coefficient (Wildman–Crippen LogP) is -0.428. The molecule has 0 spiro atoms. The number of carboxylic acid groups (broad SMARTS) is 1. The second-order valence-corrected chi connectivity index (χ2v) is 2.81. The van der Waals surface area contributed by atoms with Crippen molar-refractivity contribution in [3.8, 4) is 0 Å². The van der Waals surface area contributed by atoms with Gasteiger partial charge in [-0.25, -0.2) is 0 Å². The summed E-state index contributed by atoms with van der Waals surface area (Å²) in [7, 11) is 0. The molecule has 0 aliphatic carbocycles. The lowest BCUT2D eigenvalue weighted by atomic mass is 10.1. The summed E-state index contributed by atoms with van der Waals surface area (Å²) in [6.45, 7) is 1.14. The van der Waals surface area contributed by atoms with Crippen LogP contribution in [0.2, 0.25) is 0 Å². The fraction of sp³-hybridized carbons (Fsp3) is 0.625. The van der Waals surface area contributed by atoms with Crippen molar-refractivity contribution in [2.75, 3.05) is 19.8 Å². The van der Waals surface area contributed by atoms with Crippen LogP contribution in [0.3, 0.4) is 0 Å². The van der Waals surface area contributed by atoms with E-state index in [2.05, 4.69) is 5.32 Å². The van der Waals surface area contributed by atoms with E-state index in [9.17, 15) is 9.59 Å². The Kier molecular flexibility index (Phi) is 3.70. The topological polar surface area (TPSA) is 75.6 Å². The van der Waals surface area contributed by atoms with Crippen LogP contribution in [0.5, 0.6) is 0 Å². The van der Waals surface area contributed by atoms with Crippen LogP contribution in [0.1, 0.15) is 12.8 Å². The van der Waals surface area contributed by atoms with Crippen molar-refractivity contribution >= 4 is 11.9 Å². The standard InChI is InChI=1S/C8H12NO4/c10-7(11)1-3-9-8(12)6-2-4-13-5-6/h1-5H2,(H,9,12)(H,10,11). The third kappa shape index (κ3) is 3.42. The van der Waals surface area contributed by atoms with Crippen molar-refractivity contribution in [2.24, 2.45) is 0 Å². The average Bonchev–Trinajstić information content (AvgIpc) is 2.55. The summed E-state index contributed by atoms with van der Waals surface area (Å²) < 4.78 is 4.99. The minimum atomic E-state index is -0.909. The van der Waals surface area contributed by atoms with Crippen molar-refractivity contribution in [3.63, 3.8) is 0 Å². The summed E-state index contributed by atoms with van der Waals surface area (Å²) in [5.74, 6) is -0.392. The zero-order valence-corrected chi connectivity index (χ0v) is 7.21. The van der Waals surface area contributed by atoms with E-state index in [1.54, 1.807) is 0 Å². The predicted molar refractivity (Wildman–Crippen MR) is 43.9 cm³/mol. The molecule has 1 rings (SSSR count). The highest BCUT2D eigenvalue weighted by Crippen LogP contribution is 2.14. The molecule has 0 aromatic rings. The fourth-order valence-corrected chi connectivity index (χ4v) is 1.05. The number of carboxylic acids is 1. The van der Waals surface area contributed by atoms with E-state index in [1.165, 1.54) is 0 Å². The molecule has 1 heterocycles. The molecule has 0 atom stereocenters. The van der Waals surface area contributed by atoms with Crippen LogP contribution in [0.15, 0.2) is 0 Å². The fourth-order valence-electron chi connectivity index (χ4n) is 1.05. The van der Waals surface area contributed by atoms with Crippen LogP contribution in [-0.2, 0) is 14.3 Å². The van der Waals surface area contributed by atoms with E-state index < -0.39 is 5.97 Å². The number of amides is 1. The Bertz CT molecular complexity index is 198. The zero-order valence-electron chi connectivity index (χ0n) is 7.21. The molecule has 0 aromatic heterocycles. The molecule has 1 radical (unpaired) electrons. The first kappa shape index (κ1) is 9.98. The van der Waals surface area contributed by atoms with Gasteiger partial charge >= 0.3 is 5.97 Å². The summed E-state index contributed by atoms with van der Waals surface area (Å²) in [6, 6.07) is 0. The molecule has 13 heavy (non-hydrogen) atoms. The minimum Gasteiger partial charge on any atom is -0.481 e. The summed E-state index contributed by atoms with van der Waals surface area (Å²) in [5, 5.41) is 10.8. The van der Waals surface area contributed by atoms with E-state index in [0.717, 1.165) is 0 Å². The highest BCUT2D eigenvalue weighted by Gasteiger charge is 2.23.